The van der Waals surface area contributed by atoms with Crippen LogP contribution in [-0.2, 0) is 10.2 Å². The molecule has 6 rings (SSSR count). The second kappa shape index (κ2) is 7.89. The maximum atomic E-state index is 13.5. The minimum Gasteiger partial charge on any atom is -0.449 e. The van der Waals surface area contributed by atoms with Crippen molar-refractivity contribution in [2.75, 3.05) is 19.6 Å². The molecule has 1 aromatic carbocycles. The van der Waals surface area contributed by atoms with Gasteiger partial charge < -0.3 is 14.2 Å². The van der Waals surface area contributed by atoms with Gasteiger partial charge in [0, 0.05) is 42.9 Å². The number of furan rings is 1. The third-order valence-electron chi connectivity index (χ3n) is 8.03. The van der Waals surface area contributed by atoms with Gasteiger partial charge in [0.15, 0.2) is 11.3 Å². The van der Waals surface area contributed by atoms with Crippen molar-refractivity contribution < 1.29 is 18.4 Å². The smallest absolute Gasteiger partial charge is 0.289 e. The van der Waals surface area contributed by atoms with Gasteiger partial charge in [-0.2, -0.15) is 5.26 Å². The highest BCUT2D eigenvalue weighted by Gasteiger charge is 2.53. The molecule has 3 aliphatic rings. The number of piperazine rings is 1. The Kier molecular flexibility index (Phi) is 4.98. The van der Waals surface area contributed by atoms with E-state index in [1.54, 1.807) is 28.0 Å². The lowest BCUT2D eigenvalue weighted by atomic mass is 9.96. The lowest BCUT2D eigenvalue weighted by Gasteiger charge is -2.40. The van der Waals surface area contributed by atoms with E-state index in [4.69, 9.17) is 9.40 Å². The number of fused-ring (bicyclic) bond motifs is 1. The molecule has 0 radical (unpaired) electrons. The number of halogens is 1. The van der Waals surface area contributed by atoms with Crippen molar-refractivity contribution in [2.24, 2.45) is 5.41 Å². The summed E-state index contributed by atoms with van der Waals surface area (Å²) in [5.41, 5.74) is 2.87. The summed E-state index contributed by atoms with van der Waals surface area (Å²) in [6.07, 6.45) is 3.27. The minimum atomic E-state index is -0.859. The van der Waals surface area contributed by atoms with E-state index in [0.717, 1.165) is 29.7 Å². The van der Waals surface area contributed by atoms with Crippen molar-refractivity contribution in [3.05, 3.63) is 53.5 Å². The Morgan fingerprint density at radius 2 is 1.86 bits per heavy atom. The van der Waals surface area contributed by atoms with Crippen LogP contribution < -0.4 is 0 Å². The Labute approximate surface area is 208 Å². The van der Waals surface area contributed by atoms with E-state index in [-0.39, 0.29) is 34.8 Å². The second-order valence-electron chi connectivity index (χ2n) is 10.7. The zero-order valence-corrected chi connectivity index (χ0v) is 20.4. The average Bonchev–Trinajstić information content (AvgIpc) is 3.79. The molecule has 0 spiro atoms. The van der Waals surface area contributed by atoms with Gasteiger partial charge in [-0.15, -0.1) is 0 Å². The number of benzene rings is 1. The van der Waals surface area contributed by atoms with Crippen molar-refractivity contribution >= 4 is 22.9 Å². The zero-order valence-electron chi connectivity index (χ0n) is 20.4. The molecule has 3 heterocycles. The first-order valence-corrected chi connectivity index (χ1v) is 12.5. The van der Waals surface area contributed by atoms with Gasteiger partial charge in [0.1, 0.15) is 16.7 Å². The Balaban J connectivity index is 1.28. The molecule has 0 bridgehead atoms. The van der Waals surface area contributed by atoms with Crippen LogP contribution in [0.15, 0.2) is 40.8 Å². The summed E-state index contributed by atoms with van der Waals surface area (Å²) in [5.74, 6) is -0.431. The Morgan fingerprint density at radius 1 is 1.14 bits per heavy atom. The van der Waals surface area contributed by atoms with Gasteiger partial charge in [-0.05, 0) is 68.4 Å². The summed E-state index contributed by atoms with van der Waals surface area (Å²) < 4.78 is 19.6. The van der Waals surface area contributed by atoms with Crippen molar-refractivity contribution in [2.45, 2.75) is 51.0 Å². The van der Waals surface area contributed by atoms with E-state index in [1.807, 2.05) is 13.0 Å². The molecule has 2 saturated carbocycles. The molecule has 3 fully saturated rings. The first kappa shape index (κ1) is 22.7. The molecule has 184 valence electrons. The third-order valence-corrected chi connectivity index (χ3v) is 8.03. The molecule has 3 aromatic rings. The monoisotopic (exact) mass is 486 g/mol. The Morgan fingerprint density at radius 3 is 2.47 bits per heavy atom. The molecule has 36 heavy (non-hydrogen) atoms. The number of carbonyl (C=O) groups excluding carboxylic acids is 2. The van der Waals surface area contributed by atoms with E-state index in [9.17, 15) is 19.2 Å². The summed E-state index contributed by atoms with van der Waals surface area (Å²) in [5, 5.41) is 9.39. The van der Waals surface area contributed by atoms with Crippen molar-refractivity contribution in [3.8, 4) is 17.3 Å². The zero-order chi connectivity index (χ0) is 25.2. The summed E-state index contributed by atoms with van der Waals surface area (Å²) in [6.45, 7) is 5.23. The second-order valence-corrected chi connectivity index (χ2v) is 10.7. The van der Waals surface area contributed by atoms with Gasteiger partial charge >= 0.3 is 0 Å². The number of pyridine rings is 1. The van der Waals surface area contributed by atoms with Gasteiger partial charge in [0.05, 0.1) is 11.8 Å². The van der Waals surface area contributed by atoms with Crippen LogP contribution in [0.2, 0.25) is 0 Å². The van der Waals surface area contributed by atoms with Crippen molar-refractivity contribution in [1.82, 2.24) is 14.8 Å². The first-order chi connectivity index (χ1) is 17.2. The van der Waals surface area contributed by atoms with Crippen LogP contribution in [0.1, 0.15) is 55.6 Å². The molecule has 2 aromatic heterocycles. The van der Waals surface area contributed by atoms with Gasteiger partial charge in [-0.25, -0.2) is 9.37 Å². The fourth-order valence-corrected chi connectivity index (χ4v) is 5.17. The molecule has 1 saturated heterocycles. The average molecular weight is 487 g/mol. The van der Waals surface area contributed by atoms with E-state index in [0.29, 0.717) is 43.6 Å². The SMILES string of the molecule is C[C@H]1CN(C(=O)c2cc3nc(-c4ccc(F)cc4)cc(C4(C)CC4)c3o2)CCN1C(=O)C1(C#N)CC1. The number of amides is 2. The molecular formula is C28H27FN4O3. The summed E-state index contributed by atoms with van der Waals surface area (Å²) in [7, 11) is 0. The molecule has 0 unspecified atom stereocenters. The lowest BCUT2D eigenvalue weighted by Crippen LogP contribution is -2.56. The van der Waals surface area contributed by atoms with Crippen LogP contribution >= 0.6 is 0 Å². The van der Waals surface area contributed by atoms with Gasteiger partial charge in [-0.1, -0.05) is 6.92 Å². The quantitative estimate of drug-likeness (QED) is 0.535. The standard InChI is InChI=1S/C28H27FN4O3/c1-17-15-32(11-12-33(17)26(35)28(16-30)9-10-28)25(34)23-14-22-24(36-23)20(27(2)7-8-27)13-21(31-22)18-3-5-19(29)6-4-18/h3-6,13-14,17H,7-12,15H2,1-2H3/t17-/m0/s1. The number of hydrogen-bond acceptors (Lipinski definition) is 5. The van der Waals surface area contributed by atoms with Crippen LogP contribution in [0.4, 0.5) is 4.39 Å². The summed E-state index contributed by atoms with van der Waals surface area (Å²) in [4.78, 5) is 34.5. The largest absolute Gasteiger partial charge is 0.449 e. The highest BCUT2D eigenvalue weighted by molar-refractivity contribution is 5.97. The third kappa shape index (κ3) is 3.65. The van der Waals surface area contributed by atoms with Crippen LogP contribution in [0.5, 0.6) is 0 Å². The predicted octanol–water partition coefficient (Wildman–Crippen LogP) is 4.66. The van der Waals surface area contributed by atoms with Crippen molar-refractivity contribution in [1.29, 1.82) is 5.26 Å². The molecule has 7 nitrogen and oxygen atoms in total. The van der Waals surface area contributed by atoms with E-state index < -0.39 is 5.41 Å². The lowest BCUT2D eigenvalue weighted by molar-refractivity contribution is -0.139. The van der Waals surface area contributed by atoms with Gasteiger partial charge in [0.25, 0.3) is 5.91 Å². The molecule has 1 atom stereocenters. The molecule has 1 aliphatic heterocycles. The number of rotatable bonds is 4. The number of nitrogens with zero attached hydrogens (tertiary/aromatic N) is 4. The first-order valence-electron chi connectivity index (χ1n) is 12.5. The van der Waals surface area contributed by atoms with E-state index in [2.05, 4.69) is 13.0 Å². The number of carbonyl (C=O) groups is 2. The van der Waals surface area contributed by atoms with Gasteiger partial charge in [0.2, 0.25) is 5.91 Å². The predicted molar refractivity (Wildman–Crippen MR) is 130 cm³/mol. The molecule has 2 amide bonds. The fourth-order valence-electron chi connectivity index (χ4n) is 5.17. The van der Waals surface area contributed by atoms with Crippen molar-refractivity contribution in [3.63, 3.8) is 0 Å². The van der Waals surface area contributed by atoms with Gasteiger partial charge in [-0.3, -0.25) is 9.59 Å². The minimum absolute atomic E-state index is 0.0336. The number of aromatic nitrogens is 1. The molecule has 0 N–H and O–H groups in total. The van der Waals surface area contributed by atoms with Crippen LogP contribution in [-0.4, -0.2) is 52.3 Å². The summed E-state index contributed by atoms with van der Waals surface area (Å²) in [6, 6.07) is 11.9. The van der Waals surface area contributed by atoms with Crippen LogP contribution in [0.3, 0.4) is 0 Å². The van der Waals surface area contributed by atoms with Crippen LogP contribution in [0.25, 0.3) is 22.4 Å². The molecular weight excluding hydrogens is 459 g/mol. The fraction of sp³-hybridized carbons (Fsp3) is 0.429. The van der Waals surface area contributed by atoms with Crippen LogP contribution in [0, 0.1) is 22.6 Å². The molecule has 2 aliphatic carbocycles. The topological polar surface area (TPSA) is 90.4 Å². The highest BCUT2D eigenvalue weighted by Crippen LogP contribution is 2.51. The highest BCUT2D eigenvalue weighted by atomic mass is 19.1. The number of hydrogen-bond donors (Lipinski definition) is 0. The maximum Gasteiger partial charge on any atom is 0.289 e. The van der Waals surface area contributed by atoms with E-state index >= 15 is 0 Å². The normalized spacial score (nSPS) is 21.8. The Hall–Kier alpha value is -3.73. The summed E-state index contributed by atoms with van der Waals surface area (Å²) >= 11 is 0. The number of nitriles is 1. The maximum absolute atomic E-state index is 13.5. The Bertz CT molecular complexity index is 1430. The van der Waals surface area contributed by atoms with E-state index in [1.165, 1.54) is 12.1 Å². The molecule has 8 heteroatoms.